The van der Waals surface area contributed by atoms with Gasteiger partial charge in [0, 0.05) is 5.56 Å². The summed E-state index contributed by atoms with van der Waals surface area (Å²) in [5.41, 5.74) is 3.86. The summed E-state index contributed by atoms with van der Waals surface area (Å²) < 4.78 is 33.3. The van der Waals surface area contributed by atoms with Gasteiger partial charge >= 0.3 is 0 Å². The maximum atomic E-state index is 12.8. The first-order valence-corrected chi connectivity index (χ1v) is 10.8. The lowest BCUT2D eigenvalue weighted by molar-refractivity contribution is 0.102. The number of ether oxygens (including phenoxy) is 1. The number of hydrogen-bond acceptors (Lipinski definition) is 4. The molecule has 0 bridgehead atoms. The summed E-state index contributed by atoms with van der Waals surface area (Å²) in [4.78, 5) is 12.9. The largest absolute Gasteiger partial charge is 0.495 e. The summed E-state index contributed by atoms with van der Waals surface area (Å²) in [6.45, 7) is 5.58. The number of carbonyl (C=O) groups is 1. The van der Waals surface area contributed by atoms with E-state index in [9.17, 15) is 13.2 Å². The van der Waals surface area contributed by atoms with Crippen LogP contribution in [0.15, 0.2) is 65.6 Å². The molecule has 0 aliphatic heterocycles. The van der Waals surface area contributed by atoms with Gasteiger partial charge in [-0.15, -0.1) is 0 Å². The molecule has 0 atom stereocenters. The average Bonchev–Trinajstić information content (AvgIpc) is 2.70. The van der Waals surface area contributed by atoms with Crippen LogP contribution < -0.4 is 14.8 Å². The van der Waals surface area contributed by atoms with E-state index < -0.39 is 10.0 Å². The number of methoxy groups -OCH3 is 1. The fourth-order valence-corrected chi connectivity index (χ4v) is 4.03. The Labute approximate surface area is 177 Å². The van der Waals surface area contributed by atoms with E-state index in [4.69, 9.17) is 4.74 Å². The summed E-state index contributed by atoms with van der Waals surface area (Å²) in [7, 11) is -2.24. The molecule has 0 aromatic heterocycles. The topological polar surface area (TPSA) is 84.5 Å². The molecule has 7 heteroatoms. The smallest absolute Gasteiger partial charge is 0.261 e. The van der Waals surface area contributed by atoms with Gasteiger partial charge in [0.05, 0.1) is 23.4 Å². The minimum Gasteiger partial charge on any atom is -0.495 e. The lowest BCUT2D eigenvalue weighted by atomic mass is 10.1. The molecule has 6 nitrogen and oxygen atoms in total. The average molecular weight is 425 g/mol. The Bertz CT molecular complexity index is 1190. The minimum absolute atomic E-state index is 0.159. The molecule has 0 aliphatic carbocycles. The van der Waals surface area contributed by atoms with Gasteiger partial charge in [0.15, 0.2) is 0 Å². The van der Waals surface area contributed by atoms with Crippen LogP contribution >= 0.6 is 0 Å². The molecule has 0 radical (unpaired) electrons. The molecular formula is C23H24N2O4S. The molecule has 0 saturated heterocycles. The molecule has 0 fully saturated rings. The van der Waals surface area contributed by atoms with Crippen LogP contribution in [0, 0.1) is 20.8 Å². The molecule has 3 rings (SSSR count). The van der Waals surface area contributed by atoms with Crippen molar-refractivity contribution in [2.24, 2.45) is 0 Å². The summed E-state index contributed by atoms with van der Waals surface area (Å²) in [5, 5.41) is 2.82. The van der Waals surface area contributed by atoms with Crippen molar-refractivity contribution in [1.82, 2.24) is 0 Å². The van der Waals surface area contributed by atoms with Gasteiger partial charge in [-0.2, -0.15) is 0 Å². The van der Waals surface area contributed by atoms with Crippen LogP contribution in [-0.2, 0) is 10.0 Å². The lowest BCUT2D eigenvalue weighted by Crippen LogP contribution is -2.16. The van der Waals surface area contributed by atoms with Crippen LogP contribution in [0.3, 0.4) is 0 Å². The van der Waals surface area contributed by atoms with Gasteiger partial charge in [0.25, 0.3) is 15.9 Å². The van der Waals surface area contributed by atoms with E-state index in [1.807, 2.05) is 26.0 Å². The fourth-order valence-electron chi connectivity index (χ4n) is 2.91. The standard InChI is InChI=1S/C23H24N2O4S/c1-15-5-10-19(11-6-15)30(27,28)25-20-14-18(9-8-17(20)3)23(26)24-21-13-16(2)7-12-22(21)29-4/h5-14,25H,1-4H3,(H,24,26). The lowest BCUT2D eigenvalue weighted by Gasteiger charge is -2.14. The Morgan fingerprint density at radius 3 is 2.17 bits per heavy atom. The third-order valence-electron chi connectivity index (χ3n) is 4.68. The quantitative estimate of drug-likeness (QED) is 0.602. The summed E-state index contributed by atoms with van der Waals surface area (Å²) in [5.74, 6) is 0.177. The molecule has 1 amide bonds. The Kier molecular flexibility index (Phi) is 6.12. The van der Waals surface area contributed by atoms with Crippen molar-refractivity contribution in [1.29, 1.82) is 0 Å². The molecule has 3 aromatic rings. The number of nitrogens with one attached hydrogen (secondary N) is 2. The molecule has 3 aromatic carbocycles. The molecule has 0 aliphatic rings. The van der Waals surface area contributed by atoms with Crippen molar-refractivity contribution in [3.8, 4) is 5.75 Å². The van der Waals surface area contributed by atoms with Gasteiger partial charge in [-0.3, -0.25) is 9.52 Å². The van der Waals surface area contributed by atoms with E-state index in [0.29, 0.717) is 28.3 Å². The van der Waals surface area contributed by atoms with Gasteiger partial charge in [-0.05, 0) is 68.3 Å². The van der Waals surface area contributed by atoms with Crippen molar-refractivity contribution < 1.29 is 17.9 Å². The van der Waals surface area contributed by atoms with Gasteiger partial charge in [-0.25, -0.2) is 8.42 Å². The summed E-state index contributed by atoms with van der Waals surface area (Å²) >= 11 is 0. The molecule has 2 N–H and O–H groups in total. The first kappa shape index (κ1) is 21.4. The normalized spacial score (nSPS) is 11.1. The predicted octanol–water partition coefficient (Wildman–Crippen LogP) is 4.67. The van der Waals surface area contributed by atoms with Crippen LogP contribution in [0.1, 0.15) is 27.0 Å². The van der Waals surface area contributed by atoms with Crippen molar-refractivity contribution in [3.05, 3.63) is 82.9 Å². The maximum Gasteiger partial charge on any atom is 0.261 e. The zero-order valence-corrected chi connectivity index (χ0v) is 18.1. The Hall–Kier alpha value is -3.32. The van der Waals surface area contributed by atoms with Gasteiger partial charge in [-0.1, -0.05) is 29.8 Å². The number of rotatable bonds is 6. The number of sulfonamides is 1. The zero-order chi connectivity index (χ0) is 21.9. The second kappa shape index (κ2) is 8.59. The van der Waals surface area contributed by atoms with Crippen molar-refractivity contribution in [2.75, 3.05) is 17.1 Å². The van der Waals surface area contributed by atoms with E-state index in [0.717, 1.165) is 11.1 Å². The molecule has 0 heterocycles. The summed E-state index contributed by atoms with van der Waals surface area (Å²) in [6.07, 6.45) is 0. The Balaban J connectivity index is 1.87. The second-order valence-electron chi connectivity index (χ2n) is 7.11. The summed E-state index contributed by atoms with van der Waals surface area (Å²) in [6, 6.07) is 16.9. The zero-order valence-electron chi connectivity index (χ0n) is 17.3. The highest BCUT2D eigenvalue weighted by Crippen LogP contribution is 2.27. The first-order chi connectivity index (χ1) is 14.2. The Morgan fingerprint density at radius 2 is 1.50 bits per heavy atom. The van der Waals surface area contributed by atoms with E-state index >= 15 is 0 Å². The monoisotopic (exact) mass is 424 g/mol. The molecule has 156 valence electrons. The minimum atomic E-state index is -3.77. The van der Waals surface area contributed by atoms with Gasteiger partial charge in [0.2, 0.25) is 0 Å². The second-order valence-corrected chi connectivity index (χ2v) is 8.79. The number of aryl methyl sites for hydroxylation is 3. The first-order valence-electron chi connectivity index (χ1n) is 9.36. The van der Waals surface area contributed by atoms with E-state index in [1.165, 1.54) is 13.2 Å². The van der Waals surface area contributed by atoms with Crippen LogP contribution in [0.4, 0.5) is 11.4 Å². The number of amides is 1. The molecule has 0 unspecified atom stereocenters. The number of anilines is 2. The van der Waals surface area contributed by atoms with E-state index in [-0.39, 0.29) is 10.8 Å². The van der Waals surface area contributed by atoms with E-state index in [2.05, 4.69) is 10.0 Å². The predicted molar refractivity (Wildman–Crippen MR) is 119 cm³/mol. The number of hydrogen-bond donors (Lipinski definition) is 2. The SMILES string of the molecule is COc1ccc(C)cc1NC(=O)c1ccc(C)c(NS(=O)(=O)c2ccc(C)cc2)c1. The van der Waals surface area contributed by atoms with Crippen LogP contribution in [-0.4, -0.2) is 21.4 Å². The molecule has 0 spiro atoms. The third kappa shape index (κ3) is 4.80. The van der Waals surface area contributed by atoms with Crippen LogP contribution in [0.25, 0.3) is 0 Å². The fraction of sp³-hybridized carbons (Fsp3) is 0.174. The molecule has 30 heavy (non-hydrogen) atoms. The van der Waals surface area contributed by atoms with Crippen molar-refractivity contribution in [3.63, 3.8) is 0 Å². The maximum absolute atomic E-state index is 12.8. The number of benzene rings is 3. The highest BCUT2D eigenvalue weighted by atomic mass is 32.2. The number of carbonyl (C=O) groups excluding carboxylic acids is 1. The van der Waals surface area contributed by atoms with E-state index in [1.54, 1.807) is 49.4 Å². The Morgan fingerprint density at radius 1 is 0.833 bits per heavy atom. The van der Waals surface area contributed by atoms with Gasteiger partial charge < -0.3 is 10.1 Å². The van der Waals surface area contributed by atoms with Crippen LogP contribution in [0.5, 0.6) is 5.75 Å². The van der Waals surface area contributed by atoms with Gasteiger partial charge in [0.1, 0.15) is 5.75 Å². The molecule has 0 saturated carbocycles. The van der Waals surface area contributed by atoms with Crippen LogP contribution in [0.2, 0.25) is 0 Å². The molecular weight excluding hydrogens is 400 g/mol. The van der Waals surface area contributed by atoms with Crippen molar-refractivity contribution >= 4 is 27.3 Å². The van der Waals surface area contributed by atoms with Crippen molar-refractivity contribution in [2.45, 2.75) is 25.7 Å². The highest BCUT2D eigenvalue weighted by molar-refractivity contribution is 7.92. The highest BCUT2D eigenvalue weighted by Gasteiger charge is 2.17. The third-order valence-corrected chi connectivity index (χ3v) is 6.06.